The second kappa shape index (κ2) is 5.40. The average Bonchev–Trinajstić information content (AvgIpc) is 2.36. The molecule has 0 aliphatic rings. The fraction of sp³-hybridized carbons (Fsp3) is 0.143. The van der Waals surface area contributed by atoms with Gasteiger partial charge in [-0.2, -0.15) is 0 Å². The van der Waals surface area contributed by atoms with Crippen LogP contribution in [0.5, 0.6) is 0 Å². The van der Waals surface area contributed by atoms with Gasteiger partial charge in [0.15, 0.2) is 11.6 Å². The lowest BCUT2D eigenvalue weighted by Gasteiger charge is -2.14. The van der Waals surface area contributed by atoms with Crippen molar-refractivity contribution < 1.29 is 17.6 Å². The van der Waals surface area contributed by atoms with Crippen LogP contribution in [0.1, 0.15) is 17.2 Å². The highest BCUT2D eigenvalue weighted by molar-refractivity contribution is 5.26. The molecule has 0 amide bonds. The van der Waals surface area contributed by atoms with Crippen LogP contribution < -0.4 is 5.73 Å². The van der Waals surface area contributed by atoms with Gasteiger partial charge in [0.2, 0.25) is 0 Å². The van der Waals surface area contributed by atoms with Crippen LogP contribution in [0.2, 0.25) is 0 Å². The Kier molecular flexibility index (Phi) is 3.85. The van der Waals surface area contributed by atoms with Crippen molar-refractivity contribution in [1.29, 1.82) is 0 Å². The second-order valence-corrected chi connectivity index (χ2v) is 4.19. The maximum Gasteiger partial charge on any atom is 0.161 e. The van der Waals surface area contributed by atoms with E-state index >= 15 is 0 Å². The minimum Gasteiger partial charge on any atom is -0.324 e. The Labute approximate surface area is 107 Å². The number of rotatable bonds is 3. The molecule has 0 fully saturated rings. The number of halogens is 4. The maximum atomic E-state index is 13.5. The quantitative estimate of drug-likeness (QED) is 0.670. The third-order valence-electron chi connectivity index (χ3n) is 2.84. The van der Waals surface area contributed by atoms with Crippen molar-refractivity contribution in [3.63, 3.8) is 0 Å². The summed E-state index contributed by atoms with van der Waals surface area (Å²) in [5.41, 5.74) is 5.83. The monoisotopic (exact) mass is 269 g/mol. The van der Waals surface area contributed by atoms with Crippen LogP contribution in [0.4, 0.5) is 17.6 Å². The summed E-state index contributed by atoms with van der Waals surface area (Å²) < 4.78 is 52.8. The Bertz CT molecular complexity index is 598. The third kappa shape index (κ3) is 2.93. The topological polar surface area (TPSA) is 26.0 Å². The SMILES string of the molecule is NC(Cc1ccccc1F)c1cc(F)c(F)cc1F. The molecule has 2 rings (SSSR count). The molecule has 0 heterocycles. The van der Waals surface area contributed by atoms with E-state index in [4.69, 9.17) is 5.73 Å². The average molecular weight is 269 g/mol. The molecule has 0 spiro atoms. The van der Waals surface area contributed by atoms with Crippen molar-refractivity contribution in [2.45, 2.75) is 12.5 Å². The van der Waals surface area contributed by atoms with Crippen LogP contribution in [-0.2, 0) is 6.42 Å². The molecule has 0 aliphatic heterocycles. The zero-order valence-corrected chi connectivity index (χ0v) is 9.84. The Morgan fingerprint density at radius 2 is 1.47 bits per heavy atom. The van der Waals surface area contributed by atoms with Crippen LogP contribution in [0.25, 0.3) is 0 Å². The zero-order chi connectivity index (χ0) is 14.0. The molecule has 0 radical (unpaired) electrons. The molecule has 1 atom stereocenters. The summed E-state index contributed by atoms with van der Waals surface area (Å²) in [4.78, 5) is 0. The minimum atomic E-state index is -1.28. The molecule has 0 saturated heterocycles. The second-order valence-electron chi connectivity index (χ2n) is 4.19. The number of hydrogen-bond donors (Lipinski definition) is 1. The summed E-state index contributed by atoms with van der Waals surface area (Å²) in [6, 6.07) is 6.08. The van der Waals surface area contributed by atoms with E-state index in [1.807, 2.05) is 0 Å². The van der Waals surface area contributed by atoms with Crippen molar-refractivity contribution in [3.05, 3.63) is 70.8 Å². The van der Waals surface area contributed by atoms with Gasteiger partial charge in [-0.05, 0) is 24.1 Å². The summed E-state index contributed by atoms with van der Waals surface area (Å²) in [7, 11) is 0. The van der Waals surface area contributed by atoms with E-state index in [1.54, 1.807) is 6.07 Å². The molecule has 1 nitrogen and oxygen atoms in total. The number of nitrogens with two attached hydrogens (primary N) is 1. The summed E-state index contributed by atoms with van der Waals surface area (Å²) >= 11 is 0. The van der Waals surface area contributed by atoms with Crippen molar-refractivity contribution in [1.82, 2.24) is 0 Å². The van der Waals surface area contributed by atoms with Crippen LogP contribution in [0, 0.1) is 23.3 Å². The van der Waals surface area contributed by atoms with Crippen molar-refractivity contribution >= 4 is 0 Å². The molecule has 5 heteroatoms. The van der Waals surface area contributed by atoms with E-state index in [2.05, 4.69) is 0 Å². The number of benzene rings is 2. The Balaban J connectivity index is 2.28. The van der Waals surface area contributed by atoms with Gasteiger partial charge in [0.1, 0.15) is 11.6 Å². The van der Waals surface area contributed by atoms with Crippen LogP contribution >= 0.6 is 0 Å². The summed E-state index contributed by atoms with van der Waals surface area (Å²) in [6.07, 6.45) is -0.00529. The summed E-state index contributed by atoms with van der Waals surface area (Å²) in [6.45, 7) is 0. The molecule has 100 valence electrons. The van der Waals surface area contributed by atoms with Gasteiger partial charge in [-0.3, -0.25) is 0 Å². The maximum absolute atomic E-state index is 13.5. The van der Waals surface area contributed by atoms with Gasteiger partial charge in [0.25, 0.3) is 0 Å². The summed E-state index contributed by atoms with van der Waals surface area (Å²) in [5, 5.41) is 0. The standard InChI is InChI=1S/C14H11F4N/c15-10-4-2-1-3-8(10)5-14(19)9-6-12(17)13(18)7-11(9)16/h1-4,6-7,14H,5,19H2. The molecule has 2 aromatic rings. The first-order chi connectivity index (χ1) is 8.99. The first-order valence-corrected chi connectivity index (χ1v) is 5.62. The van der Waals surface area contributed by atoms with Crippen LogP contribution in [-0.4, -0.2) is 0 Å². The van der Waals surface area contributed by atoms with Crippen LogP contribution in [0.15, 0.2) is 36.4 Å². The van der Waals surface area contributed by atoms with Gasteiger partial charge in [-0.15, -0.1) is 0 Å². The fourth-order valence-corrected chi connectivity index (χ4v) is 1.83. The highest BCUT2D eigenvalue weighted by Crippen LogP contribution is 2.22. The molecular weight excluding hydrogens is 258 g/mol. The molecule has 0 aromatic heterocycles. The normalized spacial score (nSPS) is 12.5. The van der Waals surface area contributed by atoms with Gasteiger partial charge in [0.05, 0.1) is 0 Å². The van der Waals surface area contributed by atoms with Gasteiger partial charge in [0, 0.05) is 17.7 Å². The molecule has 0 bridgehead atoms. The first-order valence-electron chi connectivity index (χ1n) is 5.62. The smallest absolute Gasteiger partial charge is 0.161 e. The largest absolute Gasteiger partial charge is 0.324 e. The predicted octanol–water partition coefficient (Wildman–Crippen LogP) is 3.49. The van der Waals surface area contributed by atoms with E-state index in [9.17, 15) is 17.6 Å². The van der Waals surface area contributed by atoms with E-state index < -0.39 is 29.3 Å². The molecular formula is C14H11F4N. The lowest BCUT2D eigenvalue weighted by molar-refractivity contribution is 0.483. The molecule has 0 saturated carbocycles. The summed E-state index contributed by atoms with van der Waals surface area (Å²) in [5.74, 6) is -3.87. The van der Waals surface area contributed by atoms with Gasteiger partial charge < -0.3 is 5.73 Å². The molecule has 2 N–H and O–H groups in total. The lowest BCUT2D eigenvalue weighted by atomic mass is 9.98. The first kappa shape index (κ1) is 13.5. The van der Waals surface area contributed by atoms with E-state index in [1.165, 1.54) is 18.2 Å². The highest BCUT2D eigenvalue weighted by Gasteiger charge is 2.17. The Morgan fingerprint density at radius 3 is 2.16 bits per heavy atom. The Morgan fingerprint density at radius 1 is 0.842 bits per heavy atom. The Hall–Kier alpha value is -1.88. The van der Waals surface area contributed by atoms with E-state index in [0.29, 0.717) is 17.7 Å². The predicted molar refractivity (Wildman–Crippen MR) is 63.3 cm³/mol. The highest BCUT2D eigenvalue weighted by atomic mass is 19.2. The minimum absolute atomic E-state index is 0.00529. The van der Waals surface area contributed by atoms with Crippen LogP contribution in [0.3, 0.4) is 0 Å². The van der Waals surface area contributed by atoms with Crippen molar-refractivity contribution in [2.24, 2.45) is 5.73 Å². The molecule has 0 aliphatic carbocycles. The zero-order valence-electron chi connectivity index (χ0n) is 9.84. The van der Waals surface area contributed by atoms with Gasteiger partial charge in [-0.1, -0.05) is 18.2 Å². The third-order valence-corrected chi connectivity index (χ3v) is 2.84. The molecule has 1 unspecified atom stereocenters. The lowest BCUT2D eigenvalue weighted by Crippen LogP contribution is -2.16. The van der Waals surface area contributed by atoms with Crippen molar-refractivity contribution in [3.8, 4) is 0 Å². The van der Waals surface area contributed by atoms with Crippen molar-refractivity contribution in [2.75, 3.05) is 0 Å². The molecule has 19 heavy (non-hydrogen) atoms. The van der Waals surface area contributed by atoms with E-state index in [0.717, 1.165) is 0 Å². The van der Waals surface area contributed by atoms with E-state index in [-0.39, 0.29) is 12.0 Å². The molecule has 2 aromatic carbocycles. The number of hydrogen-bond acceptors (Lipinski definition) is 1. The van der Waals surface area contributed by atoms with Gasteiger partial charge in [-0.25, -0.2) is 17.6 Å². The fourth-order valence-electron chi connectivity index (χ4n) is 1.83. The van der Waals surface area contributed by atoms with Gasteiger partial charge >= 0.3 is 0 Å².